The molecule has 0 aliphatic carbocycles. The number of hydrogen-bond donors (Lipinski definition) is 2. The maximum absolute atomic E-state index is 12.0. The van der Waals surface area contributed by atoms with Gasteiger partial charge in [-0.25, -0.2) is 14.4 Å². The molecule has 0 amide bonds. The van der Waals surface area contributed by atoms with Gasteiger partial charge in [-0.2, -0.15) is 0 Å². The van der Waals surface area contributed by atoms with Gasteiger partial charge in [0, 0.05) is 65.7 Å². The number of esters is 1. The summed E-state index contributed by atoms with van der Waals surface area (Å²) in [5, 5.41) is 16.4. The third-order valence-corrected chi connectivity index (χ3v) is 8.37. The number of aliphatic carboxylic acids is 2. The van der Waals surface area contributed by atoms with Crippen LogP contribution in [-0.2, 0) is 25.5 Å². The Bertz CT molecular complexity index is 1410. The van der Waals surface area contributed by atoms with E-state index in [1.165, 1.54) is 20.9 Å². The number of carboxylic acid groups (broad SMARTS) is 2. The SMILES string of the molecule is O.O=C(COc1ccccc1)OCCN1CCN(C2Cc3cc(Cl)ccc3Sc3ccccc32)CC1.O=C(O)/C=C\C(=O)O. The van der Waals surface area contributed by atoms with Gasteiger partial charge in [0.15, 0.2) is 6.61 Å². The summed E-state index contributed by atoms with van der Waals surface area (Å²) in [6.07, 6.45) is 2.07. The van der Waals surface area contributed by atoms with Crippen molar-refractivity contribution in [3.8, 4) is 5.75 Å². The molecule has 1 atom stereocenters. The lowest BCUT2D eigenvalue weighted by molar-refractivity contribution is -0.146. The fourth-order valence-electron chi connectivity index (χ4n) is 4.85. The summed E-state index contributed by atoms with van der Waals surface area (Å²) in [6, 6.07) is 24.6. The van der Waals surface area contributed by atoms with Crippen molar-refractivity contribution in [2.75, 3.05) is 45.9 Å². The maximum atomic E-state index is 12.0. The van der Waals surface area contributed by atoms with Crippen molar-refractivity contribution in [1.82, 2.24) is 9.80 Å². The molecule has 5 rings (SSSR count). The van der Waals surface area contributed by atoms with Crippen LogP contribution in [0.2, 0.25) is 5.02 Å². The first-order valence-corrected chi connectivity index (χ1v) is 15.0. The van der Waals surface area contributed by atoms with Gasteiger partial charge < -0.3 is 25.2 Å². The lowest BCUT2D eigenvalue weighted by Gasteiger charge is -2.39. The minimum atomic E-state index is -1.26. The highest BCUT2D eigenvalue weighted by Crippen LogP contribution is 2.43. The van der Waals surface area contributed by atoms with Crippen LogP contribution in [0.1, 0.15) is 17.2 Å². The van der Waals surface area contributed by atoms with E-state index in [1.807, 2.05) is 48.2 Å². The molecule has 1 unspecified atom stereocenters. The molecule has 0 aromatic heterocycles. The van der Waals surface area contributed by atoms with E-state index in [1.54, 1.807) is 0 Å². The number of hydrogen-bond acceptors (Lipinski definition) is 8. The highest BCUT2D eigenvalue weighted by atomic mass is 35.5. The Hall–Kier alpha value is -3.87. The van der Waals surface area contributed by atoms with E-state index in [4.69, 9.17) is 31.3 Å². The zero-order valence-electron chi connectivity index (χ0n) is 23.9. The lowest BCUT2D eigenvalue weighted by atomic mass is 9.96. The van der Waals surface area contributed by atoms with Crippen LogP contribution >= 0.6 is 23.4 Å². The van der Waals surface area contributed by atoms with E-state index >= 15 is 0 Å². The van der Waals surface area contributed by atoms with Gasteiger partial charge in [0.1, 0.15) is 12.4 Å². The summed E-state index contributed by atoms with van der Waals surface area (Å²) >= 11 is 8.18. The number of halogens is 1. The number of benzene rings is 3. The molecule has 4 N–H and O–H groups in total. The number of carbonyl (C=O) groups excluding carboxylic acids is 1. The van der Waals surface area contributed by atoms with Gasteiger partial charge in [-0.05, 0) is 53.9 Å². The topological polar surface area (TPSA) is 148 Å². The highest BCUT2D eigenvalue weighted by molar-refractivity contribution is 7.99. The van der Waals surface area contributed by atoms with Crippen LogP contribution in [0.4, 0.5) is 0 Å². The molecular weight excluding hydrogens is 608 g/mol. The van der Waals surface area contributed by atoms with Crippen LogP contribution in [-0.4, -0.2) is 89.3 Å². The molecular formula is C32H35ClN2O8S. The Morgan fingerprint density at radius 3 is 2.23 bits per heavy atom. The summed E-state index contributed by atoms with van der Waals surface area (Å²) in [6.45, 7) is 4.91. The quantitative estimate of drug-likeness (QED) is 0.257. The van der Waals surface area contributed by atoms with Crippen LogP contribution in [0.3, 0.4) is 0 Å². The summed E-state index contributed by atoms with van der Waals surface area (Å²) in [7, 11) is 0. The number of piperazine rings is 1. The Kier molecular flexibility index (Phi) is 13.7. The van der Waals surface area contributed by atoms with Gasteiger partial charge in [0.05, 0.1) is 0 Å². The fraction of sp³-hybridized carbons (Fsp3) is 0.281. The smallest absolute Gasteiger partial charge is 0.344 e. The molecule has 3 aromatic rings. The van der Waals surface area contributed by atoms with Gasteiger partial charge in [-0.3, -0.25) is 9.80 Å². The van der Waals surface area contributed by atoms with Gasteiger partial charge in [0.2, 0.25) is 0 Å². The summed E-state index contributed by atoms with van der Waals surface area (Å²) < 4.78 is 10.8. The molecule has 0 saturated carbocycles. The number of fused-ring (bicyclic) bond motifs is 2. The standard InChI is InChI=1S/C28H29ClN2O3S.C4H4O4.H2O/c29-22-10-11-26-21(18-22)19-25(24-8-4-5-9-27(24)35-26)31-14-12-30(13-15-31)16-17-33-28(32)20-34-23-6-2-1-3-7-23;5-3(6)1-2-4(7)8;/h1-11,18,25H,12-17,19-20H2;1-2H,(H,5,6)(H,7,8);1H2/b;2-1-;. The molecule has 12 heteroatoms. The Labute approximate surface area is 265 Å². The predicted octanol–water partition coefficient (Wildman–Crippen LogP) is 4.22. The van der Waals surface area contributed by atoms with E-state index < -0.39 is 11.9 Å². The monoisotopic (exact) mass is 642 g/mol. The second-order valence-electron chi connectivity index (χ2n) is 9.82. The second-order valence-corrected chi connectivity index (χ2v) is 11.3. The van der Waals surface area contributed by atoms with Gasteiger partial charge >= 0.3 is 17.9 Å². The first-order chi connectivity index (χ1) is 20.8. The van der Waals surface area contributed by atoms with Crippen molar-refractivity contribution in [2.24, 2.45) is 0 Å². The van der Waals surface area contributed by atoms with Crippen molar-refractivity contribution >= 4 is 41.3 Å². The molecule has 3 aromatic carbocycles. The molecule has 2 heterocycles. The Balaban J connectivity index is 0.000000521. The van der Waals surface area contributed by atoms with Gasteiger partial charge in [0.25, 0.3) is 0 Å². The highest BCUT2D eigenvalue weighted by Gasteiger charge is 2.30. The van der Waals surface area contributed by atoms with Crippen molar-refractivity contribution < 1.29 is 39.5 Å². The predicted molar refractivity (Wildman–Crippen MR) is 167 cm³/mol. The number of carboxylic acids is 2. The fourth-order valence-corrected chi connectivity index (χ4v) is 6.16. The minimum Gasteiger partial charge on any atom is -0.482 e. The van der Waals surface area contributed by atoms with Gasteiger partial charge in [-0.1, -0.05) is 59.8 Å². The first kappa shape index (κ1) is 34.6. The van der Waals surface area contributed by atoms with E-state index in [0.717, 1.165) is 44.2 Å². The number of rotatable bonds is 9. The zero-order chi connectivity index (χ0) is 30.6. The summed E-state index contributed by atoms with van der Waals surface area (Å²) in [4.78, 5) is 38.7. The molecule has 1 saturated heterocycles. The van der Waals surface area contributed by atoms with Crippen LogP contribution in [0.25, 0.3) is 0 Å². The minimum absolute atomic E-state index is 0. The van der Waals surface area contributed by atoms with Crippen LogP contribution in [0.15, 0.2) is 94.7 Å². The molecule has 2 aliphatic rings. The number of para-hydroxylation sites is 1. The largest absolute Gasteiger partial charge is 0.482 e. The Morgan fingerprint density at radius 2 is 1.55 bits per heavy atom. The lowest BCUT2D eigenvalue weighted by Crippen LogP contribution is -2.48. The average Bonchev–Trinajstić information content (AvgIpc) is 3.17. The van der Waals surface area contributed by atoms with Crippen LogP contribution in [0.5, 0.6) is 5.75 Å². The Morgan fingerprint density at radius 1 is 0.886 bits per heavy atom. The molecule has 0 spiro atoms. The first-order valence-electron chi connectivity index (χ1n) is 13.8. The molecule has 1 fully saturated rings. The van der Waals surface area contributed by atoms with Crippen molar-refractivity contribution in [3.05, 3.63) is 101 Å². The van der Waals surface area contributed by atoms with Crippen LogP contribution in [0, 0.1) is 0 Å². The zero-order valence-corrected chi connectivity index (χ0v) is 25.5. The second kappa shape index (κ2) is 17.4. The molecule has 10 nitrogen and oxygen atoms in total. The van der Waals surface area contributed by atoms with Crippen molar-refractivity contribution in [3.63, 3.8) is 0 Å². The molecule has 44 heavy (non-hydrogen) atoms. The van der Waals surface area contributed by atoms with E-state index in [0.29, 0.717) is 30.6 Å². The number of nitrogens with zero attached hydrogens (tertiary/aromatic N) is 2. The van der Waals surface area contributed by atoms with E-state index in [2.05, 4.69) is 46.2 Å². The average molecular weight is 643 g/mol. The van der Waals surface area contributed by atoms with Crippen molar-refractivity contribution in [1.29, 1.82) is 0 Å². The third kappa shape index (κ3) is 10.7. The summed E-state index contributed by atoms with van der Waals surface area (Å²) in [5.41, 5.74) is 2.71. The molecule has 0 radical (unpaired) electrons. The van der Waals surface area contributed by atoms with Gasteiger partial charge in [-0.15, -0.1) is 0 Å². The normalized spacial score (nSPS) is 16.2. The molecule has 234 valence electrons. The van der Waals surface area contributed by atoms with Crippen molar-refractivity contribution in [2.45, 2.75) is 22.3 Å². The van der Waals surface area contributed by atoms with Crippen LogP contribution < -0.4 is 4.74 Å². The van der Waals surface area contributed by atoms with E-state index in [9.17, 15) is 14.4 Å². The molecule has 0 bridgehead atoms. The third-order valence-electron chi connectivity index (χ3n) is 6.92. The maximum Gasteiger partial charge on any atom is 0.344 e. The summed E-state index contributed by atoms with van der Waals surface area (Å²) in [5.74, 6) is -2.18. The van der Waals surface area contributed by atoms with E-state index in [-0.39, 0.29) is 18.1 Å². The number of carbonyl (C=O) groups is 3. The molecule has 2 aliphatic heterocycles. The number of ether oxygens (including phenoxy) is 2.